The maximum absolute atomic E-state index is 13.0. The molecule has 0 saturated carbocycles. The number of rotatable bonds is 3. The number of carbonyl (C=O) groups is 1. The lowest BCUT2D eigenvalue weighted by atomic mass is 10.2. The molecule has 0 radical (unpaired) electrons. The summed E-state index contributed by atoms with van der Waals surface area (Å²) < 4.78 is 13.0. The van der Waals surface area contributed by atoms with Crippen LogP contribution in [0.15, 0.2) is 18.5 Å². The van der Waals surface area contributed by atoms with E-state index in [4.69, 9.17) is 18.0 Å². The molecule has 0 aliphatic carbocycles. The maximum Gasteiger partial charge on any atom is 0.255 e. The van der Waals surface area contributed by atoms with Gasteiger partial charge >= 0.3 is 0 Å². The van der Waals surface area contributed by atoms with E-state index in [1.165, 1.54) is 12.3 Å². The fraction of sp³-hybridized carbons (Fsp3) is 0.417. The Labute approximate surface area is 116 Å². The third kappa shape index (κ3) is 3.68. The minimum Gasteiger partial charge on any atom is -0.392 e. The molecule has 0 atom stereocenters. The average molecular weight is 282 g/mol. The molecule has 1 amide bonds. The van der Waals surface area contributed by atoms with Gasteiger partial charge in [-0.25, -0.2) is 4.39 Å². The molecule has 19 heavy (non-hydrogen) atoms. The van der Waals surface area contributed by atoms with Gasteiger partial charge in [0.25, 0.3) is 5.91 Å². The maximum atomic E-state index is 13.0. The van der Waals surface area contributed by atoms with E-state index in [9.17, 15) is 9.18 Å². The summed E-state index contributed by atoms with van der Waals surface area (Å²) in [6.07, 6.45) is 2.46. The van der Waals surface area contributed by atoms with Gasteiger partial charge in [0.2, 0.25) is 0 Å². The molecule has 5 nitrogen and oxygen atoms in total. The van der Waals surface area contributed by atoms with Crippen LogP contribution in [0.5, 0.6) is 0 Å². The molecule has 1 saturated heterocycles. The number of carbonyl (C=O) groups excluding carboxylic acids is 1. The third-order valence-corrected chi connectivity index (χ3v) is 3.12. The molecular weight excluding hydrogens is 267 g/mol. The fourth-order valence-electron chi connectivity index (χ4n) is 2.04. The highest BCUT2D eigenvalue weighted by Gasteiger charge is 2.22. The van der Waals surface area contributed by atoms with Crippen molar-refractivity contribution in [3.63, 3.8) is 0 Å². The summed E-state index contributed by atoms with van der Waals surface area (Å²) in [5.41, 5.74) is 5.77. The smallest absolute Gasteiger partial charge is 0.255 e. The highest BCUT2D eigenvalue weighted by molar-refractivity contribution is 7.80. The van der Waals surface area contributed by atoms with Crippen LogP contribution >= 0.6 is 12.2 Å². The first-order valence-corrected chi connectivity index (χ1v) is 6.37. The number of piperazine rings is 1. The number of aromatic nitrogens is 1. The van der Waals surface area contributed by atoms with Gasteiger partial charge in [0.15, 0.2) is 0 Å². The zero-order valence-electron chi connectivity index (χ0n) is 10.4. The van der Waals surface area contributed by atoms with E-state index in [1.54, 1.807) is 4.90 Å². The highest BCUT2D eigenvalue weighted by atomic mass is 32.1. The molecule has 2 heterocycles. The van der Waals surface area contributed by atoms with Crippen molar-refractivity contribution in [1.29, 1.82) is 0 Å². The van der Waals surface area contributed by atoms with Crippen LogP contribution in [0.25, 0.3) is 0 Å². The lowest BCUT2D eigenvalue weighted by Crippen LogP contribution is -2.50. The summed E-state index contributed by atoms with van der Waals surface area (Å²) >= 11 is 4.85. The van der Waals surface area contributed by atoms with Crippen molar-refractivity contribution < 1.29 is 9.18 Å². The lowest BCUT2D eigenvalue weighted by Gasteiger charge is -2.34. The first-order chi connectivity index (χ1) is 9.06. The molecule has 2 rings (SSSR count). The summed E-state index contributed by atoms with van der Waals surface area (Å²) in [6.45, 7) is 3.16. The van der Waals surface area contributed by atoms with E-state index < -0.39 is 5.82 Å². The number of pyridine rings is 1. The van der Waals surface area contributed by atoms with E-state index in [2.05, 4.69) is 9.88 Å². The summed E-state index contributed by atoms with van der Waals surface area (Å²) in [5, 5.41) is 0. The Morgan fingerprint density at radius 2 is 2.05 bits per heavy atom. The normalized spacial score (nSPS) is 16.4. The molecule has 0 spiro atoms. The van der Waals surface area contributed by atoms with Crippen molar-refractivity contribution in [3.8, 4) is 0 Å². The Balaban J connectivity index is 1.94. The van der Waals surface area contributed by atoms with E-state index in [1.807, 2.05) is 0 Å². The van der Waals surface area contributed by atoms with Gasteiger partial charge in [0.1, 0.15) is 5.82 Å². The highest BCUT2D eigenvalue weighted by Crippen LogP contribution is 2.09. The largest absolute Gasteiger partial charge is 0.392 e. The number of halogens is 1. The molecule has 1 aliphatic rings. The Morgan fingerprint density at radius 3 is 2.63 bits per heavy atom. The van der Waals surface area contributed by atoms with Crippen LogP contribution in [0.1, 0.15) is 10.4 Å². The van der Waals surface area contributed by atoms with E-state index >= 15 is 0 Å². The first-order valence-electron chi connectivity index (χ1n) is 5.97. The van der Waals surface area contributed by atoms with Crippen LogP contribution in [0.2, 0.25) is 0 Å². The number of nitrogens with two attached hydrogens (primary N) is 1. The molecule has 0 unspecified atom stereocenters. The molecule has 1 aromatic heterocycles. The van der Waals surface area contributed by atoms with Gasteiger partial charge in [-0.1, -0.05) is 12.2 Å². The van der Waals surface area contributed by atoms with Crippen LogP contribution in [-0.2, 0) is 0 Å². The van der Waals surface area contributed by atoms with Gasteiger partial charge in [-0.3, -0.25) is 14.7 Å². The standard InChI is InChI=1S/C12H15FN4OS/c13-10-5-9(6-15-7-10)12(18)17-3-1-16(2-4-17)8-11(14)19/h5-7H,1-4,8H2,(H2,14,19). The Hall–Kier alpha value is -1.60. The van der Waals surface area contributed by atoms with Gasteiger partial charge in [0.05, 0.1) is 16.7 Å². The van der Waals surface area contributed by atoms with E-state index in [-0.39, 0.29) is 11.5 Å². The number of hydrogen-bond acceptors (Lipinski definition) is 4. The molecule has 102 valence electrons. The summed E-state index contributed by atoms with van der Waals surface area (Å²) in [7, 11) is 0. The molecule has 7 heteroatoms. The minimum atomic E-state index is -0.502. The van der Waals surface area contributed by atoms with Crippen LogP contribution in [-0.4, -0.2) is 58.4 Å². The van der Waals surface area contributed by atoms with Crippen molar-refractivity contribution in [2.75, 3.05) is 32.7 Å². The summed E-state index contributed by atoms with van der Waals surface area (Å²) in [5.74, 6) is -0.694. The molecule has 1 aliphatic heterocycles. The van der Waals surface area contributed by atoms with Crippen LogP contribution in [0, 0.1) is 5.82 Å². The average Bonchev–Trinajstić information content (AvgIpc) is 2.38. The van der Waals surface area contributed by atoms with Crippen LogP contribution < -0.4 is 5.73 Å². The molecule has 1 fully saturated rings. The zero-order chi connectivity index (χ0) is 13.8. The van der Waals surface area contributed by atoms with Crippen molar-refractivity contribution in [2.45, 2.75) is 0 Å². The van der Waals surface area contributed by atoms with Gasteiger partial charge in [-0.05, 0) is 6.07 Å². The number of nitrogens with zero attached hydrogens (tertiary/aromatic N) is 3. The Kier molecular flexibility index (Phi) is 4.39. The van der Waals surface area contributed by atoms with E-state index in [0.29, 0.717) is 37.7 Å². The predicted molar refractivity (Wildman–Crippen MR) is 73.3 cm³/mol. The number of thiocarbonyl (C=S) groups is 1. The first kappa shape index (κ1) is 13.8. The fourth-order valence-corrected chi connectivity index (χ4v) is 2.22. The van der Waals surface area contributed by atoms with Gasteiger partial charge in [-0.15, -0.1) is 0 Å². The van der Waals surface area contributed by atoms with Crippen molar-refractivity contribution in [1.82, 2.24) is 14.8 Å². The molecule has 1 aromatic rings. The topological polar surface area (TPSA) is 62.5 Å². The van der Waals surface area contributed by atoms with Gasteiger partial charge in [0, 0.05) is 38.9 Å². The lowest BCUT2D eigenvalue weighted by molar-refractivity contribution is 0.0653. The molecule has 0 aromatic carbocycles. The second-order valence-electron chi connectivity index (χ2n) is 4.43. The van der Waals surface area contributed by atoms with Crippen molar-refractivity contribution in [2.24, 2.45) is 5.73 Å². The van der Waals surface area contributed by atoms with Gasteiger partial charge in [-0.2, -0.15) is 0 Å². The molecule has 2 N–H and O–H groups in total. The van der Waals surface area contributed by atoms with Gasteiger partial charge < -0.3 is 10.6 Å². The SMILES string of the molecule is NC(=S)CN1CCN(C(=O)c2cncc(F)c2)CC1. The van der Waals surface area contributed by atoms with Crippen LogP contribution in [0.3, 0.4) is 0 Å². The van der Waals surface area contributed by atoms with Crippen molar-refractivity contribution >= 4 is 23.1 Å². The quantitative estimate of drug-likeness (QED) is 0.806. The molecule has 0 bridgehead atoms. The third-order valence-electron chi connectivity index (χ3n) is 2.99. The zero-order valence-corrected chi connectivity index (χ0v) is 11.2. The van der Waals surface area contributed by atoms with Crippen LogP contribution in [0.4, 0.5) is 4.39 Å². The number of amides is 1. The Morgan fingerprint density at radius 1 is 1.37 bits per heavy atom. The predicted octanol–water partition coefficient (Wildman–Crippen LogP) is 0.265. The second-order valence-corrected chi connectivity index (χ2v) is 4.95. The minimum absolute atomic E-state index is 0.193. The number of hydrogen-bond donors (Lipinski definition) is 1. The van der Waals surface area contributed by atoms with E-state index in [0.717, 1.165) is 6.20 Å². The molecular formula is C12H15FN4OS. The summed E-state index contributed by atoms with van der Waals surface area (Å²) in [4.78, 5) is 20.1. The Bertz CT molecular complexity index is 488. The summed E-state index contributed by atoms with van der Waals surface area (Å²) in [6, 6.07) is 1.21. The van der Waals surface area contributed by atoms with Crippen molar-refractivity contribution in [3.05, 3.63) is 29.8 Å². The second kappa shape index (κ2) is 6.03. The monoisotopic (exact) mass is 282 g/mol.